The quantitative estimate of drug-likeness (QED) is 0.139. The third-order valence-electron chi connectivity index (χ3n) is 5.02. The number of nitrogens with two attached hydrogens (primary N) is 1. The number of carbonyl (C=O) groups excluding carboxylic acids is 4. The highest BCUT2D eigenvalue weighted by atomic mass is 16.4. The van der Waals surface area contributed by atoms with Crippen LogP contribution in [0, 0.1) is 0 Å². The zero-order valence-corrected chi connectivity index (χ0v) is 18.1. The highest BCUT2D eigenvalue weighted by Crippen LogP contribution is 2.07. The molecular weight excluding hydrogens is 454 g/mol. The van der Waals surface area contributed by atoms with Crippen LogP contribution in [0.4, 0.5) is 0 Å². The highest BCUT2D eigenvalue weighted by Gasteiger charge is 2.33. The molecule has 1 aliphatic rings. The second-order valence-electron chi connectivity index (χ2n) is 7.72. The molecule has 0 aromatic carbocycles. The molecule has 15 nitrogen and oxygen atoms in total. The van der Waals surface area contributed by atoms with Gasteiger partial charge in [0.15, 0.2) is 0 Å². The Kier molecular flexibility index (Phi) is 9.49. The van der Waals surface area contributed by atoms with E-state index >= 15 is 0 Å². The van der Waals surface area contributed by atoms with Gasteiger partial charge in [0, 0.05) is 18.3 Å². The lowest BCUT2D eigenvalue weighted by Crippen LogP contribution is -2.58. The predicted molar refractivity (Wildman–Crippen MR) is 113 cm³/mol. The molecule has 2 heterocycles. The van der Waals surface area contributed by atoms with E-state index in [4.69, 9.17) is 15.9 Å². The van der Waals surface area contributed by atoms with Crippen molar-refractivity contribution < 1.29 is 39.0 Å². The highest BCUT2D eigenvalue weighted by molar-refractivity contribution is 5.96. The first kappa shape index (κ1) is 26.2. The molecule has 34 heavy (non-hydrogen) atoms. The molecule has 1 aromatic rings. The van der Waals surface area contributed by atoms with Crippen LogP contribution in [-0.4, -0.2) is 86.5 Å². The maximum atomic E-state index is 13.0. The van der Waals surface area contributed by atoms with Gasteiger partial charge in [0.05, 0.1) is 25.2 Å². The zero-order chi connectivity index (χ0) is 25.3. The van der Waals surface area contributed by atoms with Crippen LogP contribution in [0.15, 0.2) is 12.5 Å². The van der Waals surface area contributed by atoms with E-state index in [1.54, 1.807) is 0 Å². The molecule has 0 bridgehead atoms. The van der Waals surface area contributed by atoms with Crippen molar-refractivity contribution in [3.05, 3.63) is 18.2 Å². The Labute approximate surface area is 193 Å². The molecule has 186 valence electrons. The van der Waals surface area contributed by atoms with Gasteiger partial charge in [-0.2, -0.15) is 0 Å². The number of aromatic amines is 1. The van der Waals surface area contributed by atoms with Crippen molar-refractivity contribution in [1.29, 1.82) is 0 Å². The Morgan fingerprint density at radius 1 is 1.03 bits per heavy atom. The fourth-order valence-corrected chi connectivity index (χ4v) is 3.34. The third-order valence-corrected chi connectivity index (χ3v) is 5.02. The summed E-state index contributed by atoms with van der Waals surface area (Å²) in [5.41, 5.74) is 5.47. The van der Waals surface area contributed by atoms with Crippen molar-refractivity contribution in [1.82, 2.24) is 31.2 Å². The first-order valence-electron chi connectivity index (χ1n) is 10.4. The summed E-state index contributed by atoms with van der Waals surface area (Å²) < 4.78 is 0. The number of imidazole rings is 1. The molecule has 1 aromatic heterocycles. The lowest BCUT2D eigenvalue weighted by Gasteiger charge is -2.24. The van der Waals surface area contributed by atoms with Crippen molar-refractivity contribution in [3.63, 3.8) is 0 Å². The Morgan fingerprint density at radius 2 is 1.71 bits per heavy atom. The molecule has 4 atom stereocenters. The summed E-state index contributed by atoms with van der Waals surface area (Å²) in [4.78, 5) is 78.3. The third kappa shape index (κ3) is 8.16. The van der Waals surface area contributed by atoms with Gasteiger partial charge < -0.3 is 42.2 Å². The summed E-state index contributed by atoms with van der Waals surface area (Å²) in [5, 5.41) is 28.1. The molecular formula is C19H27N7O8. The van der Waals surface area contributed by atoms with Crippen molar-refractivity contribution in [2.24, 2.45) is 5.73 Å². The van der Waals surface area contributed by atoms with Gasteiger partial charge in [-0.25, -0.2) is 9.78 Å². The largest absolute Gasteiger partial charge is 0.481 e. The Balaban J connectivity index is 2.16. The number of primary amides is 1. The van der Waals surface area contributed by atoms with Crippen molar-refractivity contribution in [2.45, 2.75) is 56.3 Å². The van der Waals surface area contributed by atoms with E-state index in [9.17, 15) is 28.8 Å². The lowest BCUT2D eigenvalue weighted by atomic mass is 10.1. The number of nitrogens with zero attached hydrogens (tertiary/aromatic N) is 1. The standard InChI is InChI=1S/C19H27N7O8/c20-14(27)5-13(19(33)34)26-18(32)12(6-15(28)29)25-17(31)11(4-9-7-21-8-23-9)24-16(30)10-2-1-3-22-10/h7-8,10-13,22H,1-6H2,(H2,20,27)(H,21,23)(H,24,30)(H,25,31)(H,26,32)(H,28,29)(H,33,34). The number of carbonyl (C=O) groups is 6. The second-order valence-corrected chi connectivity index (χ2v) is 7.72. The number of hydrogen-bond acceptors (Lipinski definition) is 8. The first-order chi connectivity index (χ1) is 16.1. The van der Waals surface area contributed by atoms with Gasteiger partial charge in [-0.15, -0.1) is 0 Å². The number of hydrogen-bond donors (Lipinski definition) is 8. The fraction of sp³-hybridized carbons (Fsp3) is 0.526. The molecule has 0 saturated carbocycles. The minimum absolute atomic E-state index is 0.0366. The average Bonchev–Trinajstić information content (AvgIpc) is 3.45. The summed E-state index contributed by atoms with van der Waals surface area (Å²) >= 11 is 0. The van der Waals surface area contributed by atoms with Crippen LogP contribution >= 0.6 is 0 Å². The number of carboxylic acid groups (broad SMARTS) is 2. The number of nitrogens with one attached hydrogen (secondary N) is 5. The van der Waals surface area contributed by atoms with Gasteiger partial charge in [0.2, 0.25) is 23.6 Å². The van der Waals surface area contributed by atoms with E-state index in [1.165, 1.54) is 12.5 Å². The topological polar surface area (TPSA) is 246 Å². The molecule has 1 fully saturated rings. The van der Waals surface area contributed by atoms with Crippen LogP contribution < -0.4 is 27.0 Å². The van der Waals surface area contributed by atoms with Crippen molar-refractivity contribution in [2.75, 3.05) is 6.54 Å². The maximum absolute atomic E-state index is 13.0. The van der Waals surface area contributed by atoms with Gasteiger partial charge in [-0.3, -0.25) is 24.0 Å². The molecule has 1 aliphatic heterocycles. The summed E-state index contributed by atoms with van der Waals surface area (Å²) in [7, 11) is 0. The molecule has 9 N–H and O–H groups in total. The Bertz CT molecular complexity index is 914. The SMILES string of the molecule is NC(=O)CC(NC(=O)C(CC(=O)O)NC(=O)C(Cc1cnc[nH]1)NC(=O)C1CCCN1)C(=O)O. The summed E-state index contributed by atoms with van der Waals surface area (Å²) in [6.45, 7) is 0.645. The monoisotopic (exact) mass is 481 g/mol. The van der Waals surface area contributed by atoms with Crippen LogP contribution in [0.3, 0.4) is 0 Å². The minimum Gasteiger partial charge on any atom is -0.481 e. The fourth-order valence-electron chi connectivity index (χ4n) is 3.34. The number of H-pyrrole nitrogens is 1. The van der Waals surface area contributed by atoms with E-state index in [-0.39, 0.29) is 6.42 Å². The maximum Gasteiger partial charge on any atom is 0.326 e. The summed E-state index contributed by atoms with van der Waals surface area (Å²) in [6.07, 6.45) is 2.51. The molecule has 0 aliphatic carbocycles. The van der Waals surface area contributed by atoms with E-state index in [1.807, 2.05) is 5.32 Å². The normalized spacial score (nSPS) is 17.7. The van der Waals surface area contributed by atoms with Crippen molar-refractivity contribution >= 4 is 35.6 Å². The molecule has 4 amide bonds. The Hall–Kier alpha value is -4.01. The number of aromatic nitrogens is 2. The molecule has 0 radical (unpaired) electrons. The number of rotatable bonds is 13. The van der Waals surface area contributed by atoms with Gasteiger partial charge in [0.1, 0.15) is 18.1 Å². The molecule has 1 saturated heterocycles. The smallest absolute Gasteiger partial charge is 0.326 e. The van der Waals surface area contributed by atoms with E-state index < -0.39 is 72.6 Å². The van der Waals surface area contributed by atoms with E-state index in [0.717, 1.165) is 6.42 Å². The first-order valence-corrected chi connectivity index (χ1v) is 10.4. The second kappa shape index (κ2) is 12.3. The summed E-state index contributed by atoms with van der Waals surface area (Å²) in [6, 6.07) is -5.10. The van der Waals surface area contributed by atoms with Gasteiger partial charge in [0.25, 0.3) is 0 Å². The minimum atomic E-state index is -1.72. The predicted octanol–water partition coefficient (Wildman–Crippen LogP) is -3.41. The van der Waals surface area contributed by atoms with Crippen LogP contribution in [0.2, 0.25) is 0 Å². The van der Waals surface area contributed by atoms with E-state index in [0.29, 0.717) is 18.7 Å². The van der Waals surface area contributed by atoms with Gasteiger partial charge >= 0.3 is 11.9 Å². The van der Waals surface area contributed by atoms with Crippen LogP contribution in [0.5, 0.6) is 0 Å². The molecule has 0 spiro atoms. The van der Waals surface area contributed by atoms with Crippen LogP contribution in [0.25, 0.3) is 0 Å². The van der Waals surface area contributed by atoms with Crippen LogP contribution in [0.1, 0.15) is 31.4 Å². The summed E-state index contributed by atoms with van der Waals surface area (Å²) in [5.74, 6) is -6.48. The average molecular weight is 481 g/mol. The molecule has 4 unspecified atom stereocenters. The Morgan fingerprint density at radius 3 is 2.24 bits per heavy atom. The lowest BCUT2D eigenvalue weighted by molar-refractivity contribution is -0.144. The molecule has 2 rings (SSSR count). The van der Waals surface area contributed by atoms with E-state index in [2.05, 4.69) is 25.9 Å². The number of carboxylic acids is 2. The zero-order valence-electron chi connectivity index (χ0n) is 18.1. The molecule has 15 heteroatoms. The van der Waals surface area contributed by atoms with Gasteiger partial charge in [-0.1, -0.05) is 0 Å². The van der Waals surface area contributed by atoms with Crippen molar-refractivity contribution in [3.8, 4) is 0 Å². The number of aliphatic carboxylic acids is 2. The van der Waals surface area contributed by atoms with Crippen LogP contribution in [-0.2, 0) is 35.2 Å². The number of amides is 4. The van der Waals surface area contributed by atoms with Gasteiger partial charge in [-0.05, 0) is 19.4 Å².